The number of ether oxygens (including phenoxy) is 1. The molecule has 1 aliphatic heterocycles. The van der Waals surface area contributed by atoms with Crippen molar-refractivity contribution < 1.29 is 4.74 Å². The second-order valence-corrected chi connectivity index (χ2v) is 4.22. The Kier molecular flexibility index (Phi) is 6.15. The molecule has 0 aliphatic carbocycles. The van der Waals surface area contributed by atoms with E-state index in [1.54, 1.807) is 0 Å². The van der Waals surface area contributed by atoms with E-state index < -0.39 is 0 Å². The predicted molar refractivity (Wildman–Crippen MR) is 59.6 cm³/mol. The van der Waals surface area contributed by atoms with Gasteiger partial charge in [-0.25, -0.2) is 0 Å². The summed E-state index contributed by atoms with van der Waals surface area (Å²) in [6.45, 7) is 10.8. The van der Waals surface area contributed by atoms with Crippen LogP contribution in [0.5, 0.6) is 0 Å². The lowest BCUT2D eigenvalue weighted by Gasteiger charge is -2.15. The van der Waals surface area contributed by atoms with E-state index in [-0.39, 0.29) is 0 Å². The van der Waals surface area contributed by atoms with Gasteiger partial charge in [0.2, 0.25) is 0 Å². The van der Waals surface area contributed by atoms with Crippen molar-refractivity contribution in [1.82, 2.24) is 10.2 Å². The summed E-state index contributed by atoms with van der Waals surface area (Å²) in [5, 5.41) is 3.40. The highest BCUT2D eigenvalue weighted by molar-refractivity contribution is 4.66. The molecule has 1 N–H and O–H groups in total. The highest BCUT2D eigenvalue weighted by Crippen LogP contribution is 2.05. The molecule has 0 amide bonds. The van der Waals surface area contributed by atoms with Crippen LogP contribution in [0.25, 0.3) is 0 Å². The molecule has 0 aromatic heterocycles. The van der Waals surface area contributed by atoms with E-state index in [0.717, 1.165) is 19.7 Å². The zero-order valence-corrected chi connectivity index (χ0v) is 9.59. The van der Waals surface area contributed by atoms with Crippen molar-refractivity contribution in [3.63, 3.8) is 0 Å². The molecular weight excluding hydrogens is 176 g/mol. The van der Waals surface area contributed by atoms with Crippen LogP contribution in [0.3, 0.4) is 0 Å². The first kappa shape index (κ1) is 12.0. The molecule has 0 radical (unpaired) electrons. The fourth-order valence-electron chi connectivity index (χ4n) is 1.74. The highest BCUT2D eigenvalue weighted by Gasteiger charge is 2.09. The topological polar surface area (TPSA) is 24.5 Å². The molecule has 1 aliphatic rings. The third-order valence-electron chi connectivity index (χ3n) is 2.53. The Morgan fingerprint density at radius 2 is 1.93 bits per heavy atom. The van der Waals surface area contributed by atoms with Gasteiger partial charge in [-0.1, -0.05) is 0 Å². The maximum Gasteiger partial charge on any atom is 0.0594 e. The third kappa shape index (κ3) is 5.58. The van der Waals surface area contributed by atoms with Crippen molar-refractivity contribution in [2.45, 2.75) is 32.8 Å². The van der Waals surface area contributed by atoms with Gasteiger partial charge in [-0.3, -0.25) is 0 Å². The number of nitrogens with zero attached hydrogens (tertiary/aromatic N) is 1. The fourth-order valence-corrected chi connectivity index (χ4v) is 1.74. The van der Waals surface area contributed by atoms with Crippen molar-refractivity contribution in [2.24, 2.45) is 0 Å². The van der Waals surface area contributed by atoms with Gasteiger partial charge in [0, 0.05) is 19.6 Å². The molecule has 3 heteroatoms. The van der Waals surface area contributed by atoms with Gasteiger partial charge in [0.25, 0.3) is 0 Å². The van der Waals surface area contributed by atoms with Crippen LogP contribution in [0, 0.1) is 0 Å². The van der Waals surface area contributed by atoms with Crippen LogP contribution in [0.2, 0.25) is 0 Å². The lowest BCUT2D eigenvalue weighted by molar-refractivity contribution is 0.0806. The van der Waals surface area contributed by atoms with Gasteiger partial charge in [-0.2, -0.15) is 0 Å². The normalized spacial score (nSPS) is 18.2. The van der Waals surface area contributed by atoms with Crippen molar-refractivity contribution in [3.05, 3.63) is 0 Å². The molecule has 0 aromatic rings. The average Bonchev–Trinajstić information content (AvgIpc) is 2.63. The molecule has 3 nitrogen and oxygen atoms in total. The standard InChI is InChI=1S/C11H24N2O/c1-11(2)14-10-6-12-5-9-13-7-3-4-8-13/h11-12H,3-10H2,1-2H3. The summed E-state index contributed by atoms with van der Waals surface area (Å²) in [6, 6.07) is 0. The van der Waals surface area contributed by atoms with Gasteiger partial charge in [0.15, 0.2) is 0 Å². The molecule has 1 saturated heterocycles. The van der Waals surface area contributed by atoms with E-state index in [9.17, 15) is 0 Å². The van der Waals surface area contributed by atoms with Crippen LogP contribution in [0.4, 0.5) is 0 Å². The monoisotopic (exact) mass is 200 g/mol. The second-order valence-electron chi connectivity index (χ2n) is 4.22. The van der Waals surface area contributed by atoms with Crippen molar-refractivity contribution >= 4 is 0 Å². The Balaban J connectivity index is 1.79. The van der Waals surface area contributed by atoms with Crippen LogP contribution in [0.15, 0.2) is 0 Å². The van der Waals surface area contributed by atoms with Gasteiger partial charge >= 0.3 is 0 Å². The first-order valence-electron chi connectivity index (χ1n) is 5.83. The average molecular weight is 200 g/mol. The van der Waals surface area contributed by atoms with E-state index in [0.29, 0.717) is 6.10 Å². The SMILES string of the molecule is CC(C)OCCNCCN1CCCC1. The largest absolute Gasteiger partial charge is 0.377 e. The van der Waals surface area contributed by atoms with Gasteiger partial charge in [-0.15, -0.1) is 0 Å². The van der Waals surface area contributed by atoms with Gasteiger partial charge in [0.05, 0.1) is 12.7 Å². The zero-order valence-electron chi connectivity index (χ0n) is 9.59. The predicted octanol–water partition coefficient (Wildman–Crippen LogP) is 1.10. The van der Waals surface area contributed by atoms with Crippen LogP contribution in [-0.4, -0.2) is 50.3 Å². The molecular formula is C11H24N2O. The van der Waals surface area contributed by atoms with Gasteiger partial charge in [-0.05, 0) is 39.8 Å². The fraction of sp³-hybridized carbons (Fsp3) is 1.00. The lowest BCUT2D eigenvalue weighted by atomic mass is 10.4. The minimum absolute atomic E-state index is 0.357. The summed E-state index contributed by atoms with van der Waals surface area (Å²) in [6.07, 6.45) is 3.13. The summed E-state index contributed by atoms with van der Waals surface area (Å²) in [4.78, 5) is 2.52. The van der Waals surface area contributed by atoms with Crippen molar-refractivity contribution in [2.75, 3.05) is 39.3 Å². The van der Waals surface area contributed by atoms with Gasteiger partial charge < -0.3 is 15.0 Å². The summed E-state index contributed by atoms with van der Waals surface area (Å²) < 4.78 is 5.44. The molecule has 0 aromatic carbocycles. The quantitative estimate of drug-likeness (QED) is 0.623. The third-order valence-corrected chi connectivity index (χ3v) is 2.53. The minimum atomic E-state index is 0.357. The van der Waals surface area contributed by atoms with Crippen LogP contribution < -0.4 is 5.32 Å². The Morgan fingerprint density at radius 1 is 1.21 bits per heavy atom. The van der Waals surface area contributed by atoms with Crippen LogP contribution in [-0.2, 0) is 4.74 Å². The smallest absolute Gasteiger partial charge is 0.0594 e. The zero-order chi connectivity index (χ0) is 10.2. The summed E-state index contributed by atoms with van der Waals surface area (Å²) in [5.74, 6) is 0. The van der Waals surface area contributed by atoms with Gasteiger partial charge in [0.1, 0.15) is 0 Å². The summed E-state index contributed by atoms with van der Waals surface area (Å²) >= 11 is 0. The molecule has 0 bridgehead atoms. The maximum absolute atomic E-state index is 5.44. The number of rotatable bonds is 7. The van der Waals surface area contributed by atoms with E-state index in [4.69, 9.17) is 4.74 Å². The minimum Gasteiger partial charge on any atom is -0.377 e. The first-order valence-corrected chi connectivity index (χ1v) is 5.83. The van der Waals surface area contributed by atoms with Crippen LogP contribution in [0.1, 0.15) is 26.7 Å². The van der Waals surface area contributed by atoms with Crippen LogP contribution >= 0.6 is 0 Å². The molecule has 0 unspecified atom stereocenters. The Hall–Kier alpha value is -0.120. The number of likely N-dealkylation sites (tertiary alicyclic amines) is 1. The molecule has 1 rings (SSSR count). The molecule has 0 atom stereocenters. The maximum atomic E-state index is 5.44. The van der Waals surface area contributed by atoms with E-state index >= 15 is 0 Å². The van der Waals surface area contributed by atoms with E-state index in [1.165, 1.54) is 32.5 Å². The highest BCUT2D eigenvalue weighted by atomic mass is 16.5. The lowest BCUT2D eigenvalue weighted by Crippen LogP contribution is -2.31. The molecule has 1 fully saturated rings. The molecule has 0 spiro atoms. The summed E-state index contributed by atoms with van der Waals surface area (Å²) in [7, 11) is 0. The van der Waals surface area contributed by atoms with Crippen molar-refractivity contribution in [1.29, 1.82) is 0 Å². The summed E-state index contributed by atoms with van der Waals surface area (Å²) in [5.41, 5.74) is 0. The molecule has 14 heavy (non-hydrogen) atoms. The molecule has 1 heterocycles. The molecule has 84 valence electrons. The number of hydrogen-bond acceptors (Lipinski definition) is 3. The second kappa shape index (κ2) is 7.21. The van der Waals surface area contributed by atoms with Crippen molar-refractivity contribution in [3.8, 4) is 0 Å². The van der Waals surface area contributed by atoms with E-state index in [2.05, 4.69) is 24.1 Å². The number of hydrogen-bond donors (Lipinski definition) is 1. The Morgan fingerprint density at radius 3 is 2.57 bits per heavy atom. The number of nitrogens with one attached hydrogen (secondary N) is 1. The molecule has 0 saturated carbocycles. The Labute approximate surface area is 87.8 Å². The Bertz CT molecular complexity index is 133. The first-order chi connectivity index (χ1) is 6.79. The van der Waals surface area contributed by atoms with E-state index in [1.807, 2.05) is 0 Å².